The van der Waals surface area contributed by atoms with E-state index in [1.807, 2.05) is 0 Å². The van der Waals surface area contributed by atoms with Crippen LogP contribution in [0.25, 0.3) is 0 Å². The van der Waals surface area contributed by atoms with E-state index in [-0.39, 0.29) is 12.0 Å². The molecule has 0 aliphatic heterocycles. The molecule has 96 valence electrons. The summed E-state index contributed by atoms with van der Waals surface area (Å²) in [4.78, 5) is 20.3. The highest BCUT2D eigenvalue weighted by atomic mass is 19.2. The van der Waals surface area contributed by atoms with Gasteiger partial charge in [0, 0.05) is 11.5 Å². The quantitative estimate of drug-likeness (QED) is 0.663. The SMILES string of the molecule is O=C(O)CC1(c2cc(F)c(F)c([N+](=O)[O-])c2)CC1. The Morgan fingerprint density at radius 3 is 2.50 bits per heavy atom. The van der Waals surface area contributed by atoms with Gasteiger partial charge >= 0.3 is 11.7 Å². The van der Waals surface area contributed by atoms with Crippen LogP contribution in [0.1, 0.15) is 24.8 Å². The molecule has 1 aliphatic rings. The molecule has 5 nitrogen and oxygen atoms in total. The maximum Gasteiger partial charge on any atom is 0.308 e. The van der Waals surface area contributed by atoms with E-state index in [0.29, 0.717) is 12.8 Å². The molecule has 1 aromatic carbocycles. The summed E-state index contributed by atoms with van der Waals surface area (Å²) in [5.41, 5.74) is -1.57. The molecule has 1 aromatic rings. The van der Waals surface area contributed by atoms with Crippen LogP contribution in [-0.4, -0.2) is 16.0 Å². The van der Waals surface area contributed by atoms with Crippen LogP contribution in [-0.2, 0) is 10.2 Å². The molecule has 1 fully saturated rings. The van der Waals surface area contributed by atoms with Crippen molar-refractivity contribution < 1.29 is 23.6 Å². The highest BCUT2D eigenvalue weighted by Gasteiger charge is 2.47. The molecule has 0 unspecified atom stereocenters. The fraction of sp³-hybridized carbons (Fsp3) is 0.364. The number of nitrogens with zero attached hydrogens (tertiary/aromatic N) is 1. The van der Waals surface area contributed by atoms with Crippen LogP contribution in [0.15, 0.2) is 12.1 Å². The monoisotopic (exact) mass is 257 g/mol. The lowest BCUT2D eigenvalue weighted by molar-refractivity contribution is -0.387. The highest BCUT2D eigenvalue weighted by molar-refractivity contribution is 5.70. The number of rotatable bonds is 4. The lowest BCUT2D eigenvalue weighted by Gasteiger charge is -2.13. The minimum Gasteiger partial charge on any atom is -0.481 e. The van der Waals surface area contributed by atoms with Crippen molar-refractivity contribution >= 4 is 11.7 Å². The molecule has 2 rings (SSSR count). The molecular weight excluding hydrogens is 248 g/mol. The summed E-state index contributed by atoms with van der Waals surface area (Å²) in [6.45, 7) is 0. The zero-order valence-electron chi connectivity index (χ0n) is 9.15. The summed E-state index contributed by atoms with van der Waals surface area (Å²) in [5.74, 6) is -3.91. The summed E-state index contributed by atoms with van der Waals surface area (Å²) < 4.78 is 26.4. The molecule has 1 N–H and O–H groups in total. The number of aliphatic carboxylic acids is 1. The van der Waals surface area contributed by atoms with Gasteiger partial charge in [0.2, 0.25) is 5.82 Å². The average molecular weight is 257 g/mol. The predicted octanol–water partition coefficient (Wildman–Crippen LogP) is 2.38. The molecule has 7 heteroatoms. The minimum atomic E-state index is -1.52. The van der Waals surface area contributed by atoms with Gasteiger partial charge in [-0.15, -0.1) is 0 Å². The Balaban J connectivity index is 2.47. The smallest absolute Gasteiger partial charge is 0.308 e. The van der Waals surface area contributed by atoms with E-state index in [2.05, 4.69) is 0 Å². The van der Waals surface area contributed by atoms with E-state index in [0.717, 1.165) is 12.1 Å². The van der Waals surface area contributed by atoms with E-state index < -0.39 is 33.6 Å². The number of carboxylic acid groups (broad SMARTS) is 1. The fourth-order valence-corrected chi connectivity index (χ4v) is 2.02. The fourth-order valence-electron chi connectivity index (χ4n) is 2.02. The van der Waals surface area contributed by atoms with Crippen LogP contribution in [0.5, 0.6) is 0 Å². The molecule has 0 bridgehead atoms. The summed E-state index contributed by atoms with van der Waals surface area (Å²) in [6.07, 6.45) is 0.762. The first-order valence-corrected chi connectivity index (χ1v) is 5.21. The van der Waals surface area contributed by atoms with Gasteiger partial charge in [-0.2, -0.15) is 4.39 Å². The predicted molar refractivity (Wildman–Crippen MR) is 56.2 cm³/mol. The number of hydrogen-bond acceptors (Lipinski definition) is 3. The molecule has 0 radical (unpaired) electrons. The molecule has 1 saturated carbocycles. The zero-order chi connectivity index (χ0) is 13.5. The van der Waals surface area contributed by atoms with Gasteiger partial charge in [0.15, 0.2) is 5.82 Å². The van der Waals surface area contributed by atoms with Crippen LogP contribution in [0.3, 0.4) is 0 Å². The molecule has 1 aliphatic carbocycles. The molecule has 0 heterocycles. The third-order valence-electron chi connectivity index (χ3n) is 3.16. The van der Waals surface area contributed by atoms with E-state index in [1.165, 1.54) is 0 Å². The van der Waals surface area contributed by atoms with E-state index in [1.54, 1.807) is 0 Å². The highest BCUT2D eigenvalue weighted by Crippen LogP contribution is 2.52. The Labute approximate surface area is 100 Å². The topological polar surface area (TPSA) is 80.4 Å². The van der Waals surface area contributed by atoms with E-state index >= 15 is 0 Å². The summed E-state index contributed by atoms with van der Waals surface area (Å²) in [7, 11) is 0. The Bertz CT molecular complexity index is 540. The standard InChI is InChI=1S/C11H9F2NO4/c12-7-3-6(4-8(10(7)13)14(17)18)11(1-2-11)5-9(15)16/h3-4H,1-2,5H2,(H,15,16). The van der Waals surface area contributed by atoms with Gasteiger partial charge in [-0.25, -0.2) is 4.39 Å². The van der Waals surface area contributed by atoms with Gasteiger partial charge in [0.25, 0.3) is 0 Å². The third-order valence-corrected chi connectivity index (χ3v) is 3.16. The average Bonchev–Trinajstić information content (AvgIpc) is 3.01. The minimum absolute atomic E-state index is 0.176. The van der Waals surface area contributed by atoms with E-state index in [4.69, 9.17) is 5.11 Å². The first kappa shape index (κ1) is 12.4. The maximum absolute atomic E-state index is 13.3. The lowest BCUT2D eigenvalue weighted by atomic mass is 9.92. The number of benzene rings is 1. The van der Waals surface area contributed by atoms with Crippen LogP contribution in [0.4, 0.5) is 14.5 Å². The van der Waals surface area contributed by atoms with Crippen LogP contribution >= 0.6 is 0 Å². The Morgan fingerprint density at radius 2 is 2.06 bits per heavy atom. The van der Waals surface area contributed by atoms with Crippen molar-refractivity contribution in [3.63, 3.8) is 0 Å². The van der Waals surface area contributed by atoms with Crippen molar-refractivity contribution in [3.8, 4) is 0 Å². The number of halogens is 2. The summed E-state index contributed by atoms with van der Waals surface area (Å²) in [5, 5.41) is 19.3. The molecule has 0 amide bonds. The number of nitro groups is 1. The normalized spacial score (nSPS) is 16.3. The van der Waals surface area contributed by atoms with Crippen molar-refractivity contribution in [2.24, 2.45) is 0 Å². The van der Waals surface area contributed by atoms with Crippen molar-refractivity contribution in [1.82, 2.24) is 0 Å². The first-order chi connectivity index (χ1) is 8.35. The van der Waals surface area contributed by atoms with E-state index in [9.17, 15) is 23.7 Å². The largest absolute Gasteiger partial charge is 0.481 e. The number of carboxylic acids is 1. The molecule has 0 spiro atoms. The van der Waals surface area contributed by atoms with Crippen molar-refractivity contribution in [2.45, 2.75) is 24.7 Å². The van der Waals surface area contributed by atoms with Crippen molar-refractivity contribution in [1.29, 1.82) is 0 Å². The lowest BCUT2D eigenvalue weighted by Crippen LogP contribution is -2.14. The van der Waals surface area contributed by atoms with Gasteiger partial charge in [-0.05, 0) is 24.5 Å². The Morgan fingerprint density at radius 1 is 1.44 bits per heavy atom. The second-order valence-corrected chi connectivity index (χ2v) is 4.40. The number of hydrogen-bond donors (Lipinski definition) is 1. The van der Waals surface area contributed by atoms with Crippen molar-refractivity contribution in [3.05, 3.63) is 39.4 Å². The van der Waals surface area contributed by atoms with Crippen LogP contribution < -0.4 is 0 Å². The van der Waals surface area contributed by atoms with Gasteiger partial charge in [-0.3, -0.25) is 14.9 Å². The summed E-state index contributed by atoms with van der Waals surface area (Å²) in [6, 6.07) is 1.77. The number of carbonyl (C=O) groups is 1. The zero-order valence-corrected chi connectivity index (χ0v) is 9.15. The maximum atomic E-state index is 13.3. The van der Waals surface area contributed by atoms with Crippen LogP contribution in [0, 0.1) is 21.7 Å². The second kappa shape index (κ2) is 4.01. The Kier molecular flexibility index (Phi) is 2.76. The van der Waals surface area contributed by atoms with Gasteiger partial charge in [0.1, 0.15) is 0 Å². The molecule has 0 atom stereocenters. The van der Waals surface area contributed by atoms with Crippen molar-refractivity contribution in [2.75, 3.05) is 0 Å². The molecular formula is C11H9F2NO4. The van der Waals surface area contributed by atoms with Gasteiger partial charge in [-0.1, -0.05) is 0 Å². The summed E-state index contributed by atoms with van der Waals surface area (Å²) >= 11 is 0. The second-order valence-electron chi connectivity index (χ2n) is 4.40. The first-order valence-electron chi connectivity index (χ1n) is 5.21. The molecule has 0 saturated heterocycles. The van der Waals surface area contributed by atoms with Crippen LogP contribution in [0.2, 0.25) is 0 Å². The van der Waals surface area contributed by atoms with Gasteiger partial charge < -0.3 is 5.11 Å². The van der Waals surface area contributed by atoms with Gasteiger partial charge in [0.05, 0.1) is 11.3 Å². The molecule has 0 aromatic heterocycles. The third kappa shape index (κ3) is 2.03. The molecule has 18 heavy (non-hydrogen) atoms. The number of nitro benzene ring substituents is 1. The Hall–Kier alpha value is -2.05.